The first-order valence-corrected chi connectivity index (χ1v) is 10.4. The molecule has 0 aromatic heterocycles. The molecule has 0 radical (unpaired) electrons. The van der Waals surface area contributed by atoms with Crippen molar-refractivity contribution in [3.63, 3.8) is 0 Å². The van der Waals surface area contributed by atoms with E-state index in [4.69, 9.17) is 21.1 Å². The van der Waals surface area contributed by atoms with E-state index < -0.39 is 10.0 Å². The van der Waals surface area contributed by atoms with Gasteiger partial charge < -0.3 is 14.8 Å². The summed E-state index contributed by atoms with van der Waals surface area (Å²) in [5.41, 5.74) is 2.75. The van der Waals surface area contributed by atoms with Crippen LogP contribution in [0.15, 0.2) is 41.3 Å². The van der Waals surface area contributed by atoms with Gasteiger partial charge in [-0.1, -0.05) is 29.3 Å². The minimum atomic E-state index is -3.70. The zero-order valence-electron chi connectivity index (χ0n) is 15.9. The molecular weight excluding hydrogens is 404 g/mol. The fourth-order valence-electron chi connectivity index (χ4n) is 2.41. The van der Waals surface area contributed by atoms with Crippen LogP contribution in [0.5, 0.6) is 5.75 Å². The highest BCUT2D eigenvalue weighted by Crippen LogP contribution is 2.27. The number of carbonyl (C=O) groups excluding carboxylic acids is 1. The van der Waals surface area contributed by atoms with E-state index in [0.717, 1.165) is 11.1 Å². The van der Waals surface area contributed by atoms with Crippen molar-refractivity contribution in [2.45, 2.75) is 18.7 Å². The largest absolute Gasteiger partial charge is 0.482 e. The number of nitrogens with one attached hydrogen (secondary N) is 2. The molecule has 0 atom stereocenters. The summed E-state index contributed by atoms with van der Waals surface area (Å²) in [7, 11) is -2.22. The van der Waals surface area contributed by atoms with Gasteiger partial charge in [0.2, 0.25) is 10.0 Å². The van der Waals surface area contributed by atoms with Gasteiger partial charge in [0.1, 0.15) is 5.75 Å². The molecule has 152 valence electrons. The normalized spacial score (nSPS) is 11.3. The fraction of sp³-hybridized carbons (Fsp3) is 0.316. The molecule has 0 heterocycles. The topological polar surface area (TPSA) is 93.7 Å². The SMILES string of the molecule is COCCNS(=O)(=O)c1ccc(OCC(=O)Nc2ccc(C)cc2C)c(Cl)c1. The second-order valence-electron chi connectivity index (χ2n) is 6.14. The molecule has 0 bridgehead atoms. The lowest BCUT2D eigenvalue weighted by atomic mass is 10.1. The highest BCUT2D eigenvalue weighted by molar-refractivity contribution is 7.89. The van der Waals surface area contributed by atoms with Crippen LogP contribution >= 0.6 is 11.6 Å². The number of methoxy groups -OCH3 is 1. The lowest BCUT2D eigenvalue weighted by Crippen LogP contribution is -2.27. The van der Waals surface area contributed by atoms with Gasteiger partial charge in [0.25, 0.3) is 5.91 Å². The highest BCUT2D eigenvalue weighted by Gasteiger charge is 2.16. The minimum absolute atomic E-state index is 0.000634. The van der Waals surface area contributed by atoms with Crippen molar-refractivity contribution >= 4 is 33.2 Å². The number of ether oxygens (including phenoxy) is 2. The molecule has 1 amide bonds. The third kappa shape index (κ3) is 6.20. The number of aryl methyl sites for hydroxylation is 2. The summed E-state index contributed by atoms with van der Waals surface area (Å²) in [6.07, 6.45) is 0. The van der Waals surface area contributed by atoms with Crippen molar-refractivity contribution in [3.05, 3.63) is 52.5 Å². The second kappa shape index (κ2) is 9.88. The molecule has 0 aliphatic carbocycles. The summed E-state index contributed by atoms with van der Waals surface area (Å²) in [4.78, 5) is 12.1. The van der Waals surface area contributed by atoms with Crippen LogP contribution in [-0.2, 0) is 19.6 Å². The Labute approximate surface area is 170 Å². The third-order valence-corrected chi connectivity index (χ3v) is 5.58. The third-order valence-electron chi connectivity index (χ3n) is 3.83. The predicted octanol–water partition coefficient (Wildman–Crippen LogP) is 2.90. The molecule has 2 rings (SSSR count). The minimum Gasteiger partial charge on any atom is -0.482 e. The van der Waals surface area contributed by atoms with E-state index in [-0.39, 0.29) is 41.3 Å². The van der Waals surface area contributed by atoms with E-state index in [1.165, 1.54) is 25.3 Å². The lowest BCUT2D eigenvalue weighted by Gasteiger charge is -2.12. The molecule has 0 fully saturated rings. The zero-order valence-corrected chi connectivity index (χ0v) is 17.5. The van der Waals surface area contributed by atoms with Gasteiger partial charge in [0.05, 0.1) is 16.5 Å². The van der Waals surface area contributed by atoms with Crippen LogP contribution in [0.3, 0.4) is 0 Å². The standard InChI is InChI=1S/C19H23ClN2O5S/c1-13-4-6-17(14(2)10-13)22-19(23)12-27-18-7-5-15(11-16(18)20)28(24,25)21-8-9-26-3/h4-7,10-11,21H,8-9,12H2,1-3H3,(H,22,23). The Bertz CT molecular complexity index is 947. The van der Waals surface area contributed by atoms with Crippen molar-refractivity contribution in [1.29, 1.82) is 0 Å². The summed E-state index contributed by atoms with van der Waals surface area (Å²) in [5.74, 6) is -0.130. The summed E-state index contributed by atoms with van der Waals surface area (Å²) in [5, 5.41) is 2.86. The van der Waals surface area contributed by atoms with Gasteiger partial charge in [-0.2, -0.15) is 0 Å². The Balaban J connectivity index is 1.98. The Hall–Kier alpha value is -2.13. The second-order valence-corrected chi connectivity index (χ2v) is 8.31. The number of anilines is 1. The number of halogens is 1. The van der Waals surface area contributed by atoms with E-state index in [1.54, 1.807) is 0 Å². The van der Waals surface area contributed by atoms with Crippen molar-refractivity contribution in [3.8, 4) is 5.75 Å². The molecule has 0 aliphatic heterocycles. The number of amides is 1. The smallest absolute Gasteiger partial charge is 0.262 e. The molecule has 0 spiro atoms. The summed E-state index contributed by atoms with van der Waals surface area (Å²) in [6.45, 7) is 4.02. The van der Waals surface area contributed by atoms with Crippen LogP contribution in [0.25, 0.3) is 0 Å². The van der Waals surface area contributed by atoms with Crippen molar-refractivity contribution < 1.29 is 22.7 Å². The first-order valence-electron chi connectivity index (χ1n) is 8.51. The van der Waals surface area contributed by atoms with Crippen molar-refractivity contribution in [2.24, 2.45) is 0 Å². The van der Waals surface area contributed by atoms with Crippen LogP contribution in [0, 0.1) is 13.8 Å². The average molecular weight is 427 g/mol. The van der Waals surface area contributed by atoms with Gasteiger partial charge in [0, 0.05) is 19.3 Å². The first kappa shape index (κ1) is 22.2. The number of sulfonamides is 1. The summed E-state index contributed by atoms with van der Waals surface area (Å²) < 4.78 is 37.0. The van der Waals surface area contributed by atoms with Gasteiger partial charge in [0.15, 0.2) is 6.61 Å². The van der Waals surface area contributed by atoms with E-state index in [9.17, 15) is 13.2 Å². The highest BCUT2D eigenvalue weighted by atomic mass is 35.5. The quantitative estimate of drug-likeness (QED) is 0.601. The Morgan fingerprint density at radius 2 is 1.89 bits per heavy atom. The maximum Gasteiger partial charge on any atom is 0.262 e. The molecule has 7 nitrogen and oxygen atoms in total. The van der Waals surface area contributed by atoms with E-state index in [2.05, 4.69) is 10.0 Å². The lowest BCUT2D eigenvalue weighted by molar-refractivity contribution is -0.118. The molecule has 2 aromatic rings. The van der Waals surface area contributed by atoms with Gasteiger partial charge in [-0.3, -0.25) is 4.79 Å². The average Bonchev–Trinajstić information content (AvgIpc) is 2.63. The van der Waals surface area contributed by atoms with Gasteiger partial charge >= 0.3 is 0 Å². The molecular formula is C19H23ClN2O5S. The molecule has 2 N–H and O–H groups in total. The number of benzene rings is 2. The van der Waals surface area contributed by atoms with Crippen molar-refractivity contribution in [1.82, 2.24) is 4.72 Å². The first-order chi connectivity index (χ1) is 13.2. The van der Waals surface area contributed by atoms with Crippen LogP contribution in [0.2, 0.25) is 5.02 Å². The molecule has 0 saturated carbocycles. The number of hydrogen-bond acceptors (Lipinski definition) is 5. The number of carbonyl (C=O) groups is 1. The molecule has 0 aliphatic rings. The van der Waals surface area contributed by atoms with E-state index >= 15 is 0 Å². The van der Waals surface area contributed by atoms with Crippen LogP contribution in [-0.4, -0.2) is 41.2 Å². The molecule has 0 unspecified atom stereocenters. The van der Waals surface area contributed by atoms with Gasteiger partial charge in [-0.15, -0.1) is 0 Å². The van der Waals surface area contributed by atoms with Crippen LogP contribution < -0.4 is 14.8 Å². The van der Waals surface area contributed by atoms with Gasteiger partial charge in [-0.25, -0.2) is 13.1 Å². The Morgan fingerprint density at radius 1 is 1.14 bits per heavy atom. The Morgan fingerprint density at radius 3 is 2.54 bits per heavy atom. The molecule has 28 heavy (non-hydrogen) atoms. The molecule has 2 aromatic carbocycles. The van der Waals surface area contributed by atoms with Gasteiger partial charge in [-0.05, 0) is 43.7 Å². The maximum atomic E-state index is 12.2. The number of rotatable bonds is 9. The fourth-order valence-corrected chi connectivity index (χ4v) is 3.75. The van der Waals surface area contributed by atoms with Crippen LogP contribution in [0.1, 0.15) is 11.1 Å². The molecule has 9 heteroatoms. The van der Waals surface area contributed by atoms with Crippen LogP contribution in [0.4, 0.5) is 5.69 Å². The predicted molar refractivity (Wildman–Crippen MR) is 109 cm³/mol. The van der Waals surface area contributed by atoms with E-state index in [0.29, 0.717) is 5.69 Å². The van der Waals surface area contributed by atoms with E-state index in [1.807, 2.05) is 32.0 Å². The number of hydrogen-bond donors (Lipinski definition) is 2. The maximum absolute atomic E-state index is 12.2. The monoisotopic (exact) mass is 426 g/mol. The summed E-state index contributed by atoms with van der Waals surface area (Å²) in [6, 6.07) is 9.74. The zero-order chi connectivity index (χ0) is 20.7. The summed E-state index contributed by atoms with van der Waals surface area (Å²) >= 11 is 6.11. The van der Waals surface area contributed by atoms with Crippen molar-refractivity contribution in [2.75, 3.05) is 32.2 Å². The molecule has 0 saturated heterocycles. The Kier molecular flexibility index (Phi) is 7.82.